The number of anilines is 4. The van der Waals surface area contributed by atoms with Gasteiger partial charge in [0.2, 0.25) is 0 Å². The van der Waals surface area contributed by atoms with Crippen LogP contribution in [0, 0.1) is 0 Å². The Hall–Kier alpha value is -2.41. The number of nitrogens with zero attached hydrogens (tertiary/aromatic N) is 3. The van der Waals surface area contributed by atoms with Crippen molar-refractivity contribution < 1.29 is 0 Å². The lowest BCUT2D eigenvalue weighted by atomic mass is 9.79. The summed E-state index contributed by atoms with van der Waals surface area (Å²) < 4.78 is 0. The lowest BCUT2D eigenvalue weighted by molar-refractivity contribution is 0.170. The first kappa shape index (κ1) is 17.4. The topological polar surface area (TPSA) is 101 Å². The van der Waals surface area contributed by atoms with E-state index in [9.17, 15) is 0 Å². The molecule has 0 radical (unpaired) electrons. The highest BCUT2D eigenvalue weighted by atomic mass is 15.1. The number of hydrogen-bond acceptors (Lipinski definition) is 7. The zero-order valence-corrected chi connectivity index (χ0v) is 15.3. The van der Waals surface area contributed by atoms with Crippen LogP contribution >= 0.6 is 0 Å². The summed E-state index contributed by atoms with van der Waals surface area (Å²) in [6.07, 6.45) is 5.21. The maximum absolute atomic E-state index is 6.29. The Kier molecular flexibility index (Phi) is 4.51. The molecule has 0 atom stereocenters. The van der Waals surface area contributed by atoms with Gasteiger partial charge in [0.05, 0.1) is 0 Å². The number of hydrogen-bond donors (Lipinski definition) is 4. The van der Waals surface area contributed by atoms with Gasteiger partial charge in [0.25, 0.3) is 0 Å². The maximum Gasteiger partial charge on any atom is 0.160 e. The predicted octanol–water partition coefficient (Wildman–Crippen LogP) is 2.92. The van der Waals surface area contributed by atoms with E-state index in [0.29, 0.717) is 23.1 Å². The van der Waals surface area contributed by atoms with Crippen molar-refractivity contribution in [2.24, 2.45) is 0 Å². The van der Waals surface area contributed by atoms with E-state index in [1.54, 1.807) is 6.20 Å². The normalized spacial score (nSPS) is 19.4. The molecule has 0 aliphatic carbocycles. The Balaban J connectivity index is 1.78. The molecule has 0 aromatic carbocycles. The lowest BCUT2D eigenvalue weighted by Crippen LogP contribution is -2.60. The van der Waals surface area contributed by atoms with Gasteiger partial charge in [0.15, 0.2) is 11.6 Å². The quantitative estimate of drug-likeness (QED) is 0.678. The summed E-state index contributed by atoms with van der Waals surface area (Å²) in [5.41, 5.74) is 6.90. The minimum atomic E-state index is 0.0518. The molecule has 3 rings (SSSR count). The van der Waals surface area contributed by atoms with Crippen molar-refractivity contribution >= 4 is 23.1 Å². The van der Waals surface area contributed by atoms with Gasteiger partial charge in [-0.15, -0.1) is 0 Å². The second kappa shape index (κ2) is 6.48. The summed E-state index contributed by atoms with van der Waals surface area (Å²) in [6.45, 7) is 8.89. The number of aromatic nitrogens is 3. The molecule has 0 amide bonds. The van der Waals surface area contributed by atoms with E-state index in [0.717, 1.165) is 12.8 Å². The van der Waals surface area contributed by atoms with E-state index in [1.807, 2.05) is 18.2 Å². The van der Waals surface area contributed by atoms with Gasteiger partial charge in [0.1, 0.15) is 17.8 Å². The molecule has 134 valence electrons. The van der Waals surface area contributed by atoms with Crippen LogP contribution in [0.4, 0.5) is 23.1 Å². The molecule has 1 aliphatic rings. The molecule has 1 aliphatic heterocycles. The largest absolute Gasteiger partial charge is 0.393 e. The number of nitrogens with two attached hydrogens (primary N) is 1. The molecule has 1 saturated heterocycles. The van der Waals surface area contributed by atoms with E-state index in [-0.39, 0.29) is 17.1 Å². The maximum atomic E-state index is 6.29. The van der Waals surface area contributed by atoms with Crippen LogP contribution in [0.5, 0.6) is 0 Å². The zero-order valence-electron chi connectivity index (χ0n) is 15.3. The van der Waals surface area contributed by atoms with Crippen LogP contribution < -0.4 is 21.7 Å². The van der Waals surface area contributed by atoms with Gasteiger partial charge < -0.3 is 21.7 Å². The van der Waals surface area contributed by atoms with Crippen molar-refractivity contribution in [3.8, 4) is 0 Å². The number of pyridine rings is 1. The van der Waals surface area contributed by atoms with E-state index >= 15 is 0 Å². The fourth-order valence-corrected chi connectivity index (χ4v) is 3.79. The SMILES string of the molecule is CC1(C)CC(Nc2ncnc(Nc3ccccn3)c2N)CC(C)(C)N1. The summed E-state index contributed by atoms with van der Waals surface area (Å²) in [4.78, 5) is 12.8. The average Bonchev–Trinajstić information content (AvgIpc) is 2.49. The van der Waals surface area contributed by atoms with Crippen molar-refractivity contribution in [3.63, 3.8) is 0 Å². The molecule has 5 N–H and O–H groups in total. The number of rotatable bonds is 4. The Morgan fingerprint density at radius 1 is 1.04 bits per heavy atom. The van der Waals surface area contributed by atoms with Crippen molar-refractivity contribution in [1.82, 2.24) is 20.3 Å². The van der Waals surface area contributed by atoms with Crippen LogP contribution in [-0.2, 0) is 0 Å². The third-order valence-corrected chi connectivity index (χ3v) is 4.33. The molecule has 0 spiro atoms. The minimum absolute atomic E-state index is 0.0518. The number of piperidine rings is 1. The van der Waals surface area contributed by atoms with Crippen LogP contribution in [-0.4, -0.2) is 32.1 Å². The van der Waals surface area contributed by atoms with Gasteiger partial charge >= 0.3 is 0 Å². The van der Waals surface area contributed by atoms with Gasteiger partial charge in [-0.05, 0) is 52.7 Å². The first-order valence-electron chi connectivity index (χ1n) is 8.59. The fraction of sp³-hybridized carbons (Fsp3) is 0.500. The molecule has 7 nitrogen and oxygen atoms in total. The summed E-state index contributed by atoms with van der Waals surface area (Å²) in [5.74, 6) is 1.92. The molecule has 7 heteroatoms. The highest BCUT2D eigenvalue weighted by Gasteiger charge is 2.37. The third kappa shape index (κ3) is 4.36. The highest BCUT2D eigenvalue weighted by Crippen LogP contribution is 2.32. The van der Waals surface area contributed by atoms with Gasteiger partial charge in [0, 0.05) is 23.3 Å². The van der Waals surface area contributed by atoms with Crippen LogP contribution in [0.25, 0.3) is 0 Å². The molecule has 0 unspecified atom stereocenters. The van der Waals surface area contributed by atoms with E-state index in [2.05, 4.69) is 58.6 Å². The standard InChI is InChI=1S/C18H27N7/c1-17(2)9-12(10-18(3,4)25-17)23-15-14(19)16(22-11-21-15)24-13-7-5-6-8-20-13/h5-8,11-12,25H,9-10,19H2,1-4H3,(H2,20,21,22,23,24). The Bertz CT molecular complexity index is 711. The summed E-state index contributed by atoms with van der Waals surface area (Å²) in [5, 5.41) is 10.3. The summed E-state index contributed by atoms with van der Waals surface area (Å²) >= 11 is 0. The van der Waals surface area contributed by atoms with E-state index in [1.165, 1.54) is 6.33 Å². The van der Waals surface area contributed by atoms with Crippen LogP contribution in [0.1, 0.15) is 40.5 Å². The van der Waals surface area contributed by atoms with Gasteiger partial charge in [-0.1, -0.05) is 6.07 Å². The molecular weight excluding hydrogens is 314 g/mol. The van der Waals surface area contributed by atoms with Gasteiger partial charge in [-0.3, -0.25) is 0 Å². The third-order valence-electron chi connectivity index (χ3n) is 4.33. The fourth-order valence-electron chi connectivity index (χ4n) is 3.79. The first-order chi connectivity index (χ1) is 11.7. The first-order valence-corrected chi connectivity index (χ1v) is 8.59. The van der Waals surface area contributed by atoms with Crippen molar-refractivity contribution in [3.05, 3.63) is 30.7 Å². The highest BCUT2D eigenvalue weighted by molar-refractivity contribution is 5.76. The lowest BCUT2D eigenvalue weighted by Gasteiger charge is -2.46. The molecule has 0 saturated carbocycles. The van der Waals surface area contributed by atoms with Crippen LogP contribution in [0.15, 0.2) is 30.7 Å². The Labute approximate surface area is 148 Å². The summed E-state index contributed by atoms with van der Waals surface area (Å²) in [6, 6.07) is 5.92. The second-order valence-corrected chi connectivity index (χ2v) is 7.97. The van der Waals surface area contributed by atoms with Gasteiger partial charge in [-0.2, -0.15) is 0 Å². The molecule has 0 bridgehead atoms. The van der Waals surface area contributed by atoms with Crippen molar-refractivity contribution in [2.45, 2.75) is 57.7 Å². The van der Waals surface area contributed by atoms with E-state index in [4.69, 9.17) is 5.73 Å². The Morgan fingerprint density at radius 2 is 1.72 bits per heavy atom. The number of nitrogen functional groups attached to an aromatic ring is 1. The molecule has 1 fully saturated rings. The summed E-state index contributed by atoms with van der Waals surface area (Å²) in [7, 11) is 0. The molecular formula is C18H27N7. The van der Waals surface area contributed by atoms with Crippen molar-refractivity contribution in [2.75, 3.05) is 16.4 Å². The number of nitrogens with one attached hydrogen (secondary N) is 3. The van der Waals surface area contributed by atoms with Crippen LogP contribution in [0.3, 0.4) is 0 Å². The second-order valence-electron chi connectivity index (χ2n) is 7.97. The van der Waals surface area contributed by atoms with E-state index < -0.39 is 0 Å². The van der Waals surface area contributed by atoms with Crippen molar-refractivity contribution in [1.29, 1.82) is 0 Å². The average molecular weight is 341 g/mol. The zero-order chi connectivity index (χ0) is 18.1. The molecule has 2 aromatic rings. The minimum Gasteiger partial charge on any atom is -0.393 e. The molecule has 2 aromatic heterocycles. The molecule has 3 heterocycles. The smallest absolute Gasteiger partial charge is 0.160 e. The monoisotopic (exact) mass is 341 g/mol. The molecule has 25 heavy (non-hydrogen) atoms. The predicted molar refractivity (Wildman–Crippen MR) is 102 cm³/mol. The van der Waals surface area contributed by atoms with Crippen LogP contribution in [0.2, 0.25) is 0 Å². The Morgan fingerprint density at radius 3 is 2.36 bits per heavy atom. The van der Waals surface area contributed by atoms with Gasteiger partial charge in [-0.25, -0.2) is 15.0 Å².